The van der Waals surface area contributed by atoms with E-state index in [0.29, 0.717) is 54.7 Å². The van der Waals surface area contributed by atoms with Gasteiger partial charge in [-0.3, -0.25) is 23.9 Å². The third-order valence-corrected chi connectivity index (χ3v) is 15.1. The highest BCUT2D eigenvalue weighted by molar-refractivity contribution is 7.91. The summed E-state index contributed by atoms with van der Waals surface area (Å²) in [4.78, 5) is 62.5. The van der Waals surface area contributed by atoms with Crippen LogP contribution in [-0.4, -0.2) is 97.0 Å². The predicted molar refractivity (Wildman–Crippen MR) is 208 cm³/mol. The van der Waals surface area contributed by atoms with Crippen LogP contribution in [0.4, 0.5) is 17.6 Å². The molecule has 2 aliphatic carbocycles. The Morgan fingerprint density at radius 2 is 1.78 bits per heavy atom. The average Bonchev–Trinajstić information content (AvgIpc) is 4.09. The molecule has 328 valence electrons. The van der Waals surface area contributed by atoms with Crippen molar-refractivity contribution in [1.29, 1.82) is 0 Å². The third-order valence-electron chi connectivity index (χ3n) is 12.9. The molecule has 2 saturated carbocycles. The van der Waals surface area contributed by atoms with Crippen LogP contribution in [0.15, 0.2) is 36.5 Å². The Morgan fingerprint density at radius 3 is 2.48 bits per heavy atom. The second-order valence-electron chi connectivity index (χ2n) is 17.8. The number of nitrogens with one attached hydrogen (secondary N) is 1. The summed E-state index contributed by atoms with van der Waals surface area (Å²) in [6.45, 7) is 4.48. The maximum atomic E-state index is 14.9. The van der Waals surface area contributed by atoms with E-state index < -0.39 is 105 Å². The zero-order valence-electron chi connectivity index (χ0n) is 34.0. The summed E-state index contributed by atoms with van der Waals surface area (Å²) in [7, 11) is -4.42. The van der Waals surface area contributed by atoms with E-state index in [-0.39, 0.29) is 44.0 Å². The van der Waals surface area contributed by atoms with Gasteiger partial charge >= 0.3 is 12.1 Å². The Hall–Kier alpha value is -4.48. The van der Waals surface area contributed by atoms with Gasteiger partial charge in [0.05, 0.1) is 30.3 Å². The first-order valence-corrected chi connectivity index (χ1v) is 21.9. The van der Waals surface area contributed by atoms with Crippen LogP contribution >= 0.6 is 0 Å². The van der Waals surface area contributed by atoms with Crippen molar-refractivity contribution in [2.24, 2.45) is 29.1 Å². The molecule has 13 nitrogen and oxygen atoms in total. The molecule has 7 atom stereocenters. The lowest BCUT2D eigenvalue weighted by atomic mass is 9.82. The molecule has 0 spiro atoms. The van der Waals surface area contributed by atoms with E-state index in [4.69, 9.17) is 18.9 Å². The lowest BCUT2D eigenvalue weighted by Gasteiger charge is -2.33. The number of hydrogen-bond donors (Lipinski definition) is 1. The average molecular weight is 866 g/mol. The molecule has 2 aromatic rings. The number of sulfonamides is 1. The van der Waals surface area contributed by atoms with E-state index in [1.165, 1.54) is 11.1 Å². The highest BCUT2D eigenvalue weighted by Crippen LogP contribution is 2.58. The number of carbonyl (C=O) groups is 4. The molecule has 4 heterocycles. The Labute approximate surface area is 345 Å². The van der Waals surface area contributed by atoms with Crippen molar-refractivity contribution in [2.45, 2.75) is 114 Å². The van der Waals surface area contributed by atoms with Crippen molar-refractivity contribution in [3.63, 3.8) is 0 Å². The van der Waals surface area contributed by atoms with Crippen LogP contribution in [0, 0.1) is 29.1 Å². The number of ether oxygens (including phenoxy) is 4. The molecule has 1 saturated heterocycles. The summed E-state index contributed by atoms with van der Waals surface area (Å²) < 4.78 is 105. The number of aromatic nitrogens is 1. The molecular formula is C42H51F4N3O10S. The number of rotatable bonds is 9. The number of fused-ring (bicyclic) bond motifs is 5. The minimum absolute atomic E-state index is 0.0230. The van der Waals surface area contributed by atoms with Gasteiger partial charge in [-0.1, -0.05) is 26.0 Å². The topological polar surface area (TPSA) is 168 Å². The van der Waals surface area contributed by atoms with Crippen LogP contribution in [-0.2, 0) is 33.9 Å². The van der Waals surface area contributed by atoms with Gasteiger partial charge in [-0.05, 0) is 88.3 Å². The number of amides is 2. The minimum atomic E-state index is -4.89. The fraction of sp³-hybridized carbons (Fsp3) is 0.643. The van der Waals surface area contributed by atoms with Gasteiger partial charge in [-0.2, -0.15) is 13.2 Å². The number of ketones is 1. The van der Waals surface area contributed by atoms with Gasteiger partial charge in [0.25, 0.3) is 0 Å². The first-order chi connectivity index (χ1) is 28.2. The van der Waals surface area contributed by atoms with Crippen molar-refractivity contribution >= 4 is 44.4 Å². The van der Waals surface area contributed by atoms with Crippen molar-refractivity contribution in [1.82, 2.24) is 14.6 Å². The first kappa shape index (κ1) is 43.6. The lowest BCUT2D eigenvalue weighted by Crippen LogP contribution is -2.49. The van der Waals surface area contributed by atoms with E-state index in [1.54, 1.807) is 31.2 Å². The molecule has 0 unspecified atom stereocenters. The maximum absolute atomic E-state index is 14.9. The van der Waals surface area contributed by atoms with Crippen molar-refractivity contribution < 1.29 is 64.1 Å². The van der Waals surface area contributed by atoms with Gasteiger partial charge in [-0.15, -0.1) is 0 Å². The molecule has 1 N–H and O–H groups in total. The van der Waals surface area contributed by atoms with Crippen molar-refractivity contribution in [3.8, 4) is 17.4 Å². The smallest absolute Gasteiger partial charge is 0.427 e. The number of hydrogen-bond acceptors (Lipinski definition) is 11. The summed E-state index contributed by atoms with van der Waals surface area (Å²) >= 11 is 0. The Morgan fingerprint density at radius 1 is 1.05 bits per heavy atom. The number of benzene rings is 1. The number of esters is 1. The monoisotopic (exact) mass is 865 g/mol. The number of nitrogens with zero attached hydrogens (tertiary/aromatic N) is 2. The molecular weight excluding hydrogens is 815 g/mol. The van der Waals surface area contributed by atoms with Crippen LogP contribution in [0.5, 0.6) is 17.4 Å². The first-order valence-electron chi connectivity index (χ1n) is 20.5. The quantitative estimate of drug-likeness (QED) is 0.174. The second-order valence-corrected chi connectivity index (χ2v) is 19.8. The fourth-order valence-electron chi connectivity index (χ4n) is 8.79. The number of carbonyl (C=O) groups excluding carboxylic acids is 4. The van der Waals surface area contributed by atoms with E-state index >= 15 is 0 Å². The molecule has 18 heteroatoms. The summed E-state index contributed by atoms with van der Waals surface area (Å²) in [6, 6.07) is 3.95. The van der Waals surface area contributed by atoms with Crippen LogP contribution in [0.3, 0.4) is 0 Å². The molecule has 1 aromatic heterocycles. The maximum Gasteiger partial charge on any atom is 0.427 e. The summed E-state index contributed by atoms with van der Waals surface area (Å²) in [5, 5.41) is 1.21. The predicted octanol–water partition coefficient (Wildman–Crippen LogP) is 6.17. The van der Waals surface area contributed by atoms with E-state index in [0.717, 1.165) is 13.8 Å². The molecule has 3 fully saturated rings. The number of alkyl halides is 4. The second kappa shape index (κ2) is 16.1. The molecule has 5 aliphatic rings. The summed E-state index contributed by atoms with van der Waals surface area (Å²) in [5.74, 6) is -4.51. The molecule has 2 amide bonds. The van der Waals surface area contributed by atoms with Crippen LogP contribution in [0.2, 0.25) is 0 Å². The number of halogens is 4. The molecule has 3 aliphatic heterocycles. The van der Waals surface area contributed by atoms with Gasteiger partial charge in [0.1, 0.15) is 30.7 Å². The Balaban J connectivity index is 1.23. The SMILES string of the molecule is C[C@@H]1CC/C=C\[C@@H]2C[C@@]2(C(=O)NS(=O)(=O)C2(CF)CC2)CC(=O)[C@@H]2C[C@@H](Oc3nccc4c5c(ccc34)OCCO5)CN2C(=O)[C@@H](CC(=O)OC(C)(C)C(F)(F)F)[C@H](C)C1. The highest BCUT2D eigenvalue weighted by atomic mass is 32.2. The Bertz CT molecular complexity index is 2180. The van der Waals surface area contributed by atoms with Gasteiger partial charge < -0.3 is 23.8 Å². The Kier molecular flexibility index (Phi) is 11.7. The van der Waals surface area contributed by atoms with Crippen molar-refractivity contribution in [2.75, 3.05) is 26.4 Å². The number of allylic oxidation sites excluding steroid dienone is 2. The third kappa shape index (κ3) is 8.41. The van der Waals surface area contributed by atoms with Gasteiger partial charge in [-0.25, -0.2) is 17.8 Å². The summed E-state index contributed by atoms with van der Waals surface area (Å²) in [6.07, 6.45) is -0.0390. The van der Waals surface area contributed by atoms with E-state index in [9.17, 15) is 45.2 Å². The molecule has 0 radical (unpaired) electrons. The normalized spacial score (nSPS) is 30.0. The summed E-state index contributed by atoms with van der Waals surface area (Å²) in [5.41, 5.74) is -4.35. The zero-order chi connectivity index (χ0) is 43.4. The molecule has 60 heavy (non-hydrogen) atoms. The fourth-order valence-corrected chi connectivity index (χ4v) is 10.2. The van der Waals surface area contributed by atoms with Gasteiger partial charge in [0, 0.05) is 29.8 Å². The largest absolute Gasteiger partial charge is 0.486 e. The number of pyridine rings is 1. The van der Waals surface area contributed by atoms with E-state index in [2.05, 4.69) is 9.71 Å². The standard InChI is InChI=1S/C42H51F4N3O10S/c1-24-7-5-6-8-26-20-41(26,38(53)48-60(54,55)40(23-43)12-13-40)21-32(50)31-18-27(58-36-29-9-10-33-35(57-16-15-56-33)28(29)11-14-47-36)22-49(31)37(52)30(25(2)17-24)19-34(51)59-39(3,4)42(44,45)46/h6,8-11,14,24-27,30-31H,5,7,12-13,15-23H2,1-4H3,(H,48,53)/b8-6-/t24-,25-,26-,27-,30+,31+,41-/m1/s1. The van der Waals surface area contributed by atoms with Crippen LogP contribution in [0.1, 0.15) is 85.5 Å². The van der Waals surface area contributed by atoms with Gasteiger partial charge in [0.2, 0.25) is 33.3 Å². The highest BCUT2D eigenvalue weighted by Gasteiger charge is 2.63. The molecule has 0 bridgehead atoms. The molecule has 7 rings (SSSR count). The van der Waals surface area contributed by atoms with Crippen LogP contribution < -0.4 is 18.9 Å². The number of Topliss-reactive ketones (excluding diaryl/α,β-unsaturated/α-hetero) is 1. The van der Waals surface area contributed by atoms with Gasteiger partial charge in [0.15, 0.2) is 17.3 Å². The molecule has 1 aromatic carbocycles. The van der Waals surface area contributed by atoms with Crippen LogP contribution in [0.25, 0.3) is 10.8 Å². The lowest BCUT2D eigenvalue weighted by molar-refractivity contribution is -0.257. The van der Waals surface area contributed by atoms with Crippen molar-refractivity contribution in [3.05, 3.63) is 36.5 Å². The zero-order valence-corrected chi connectivity index (χ0v) is 34.8. The minimum Gasteiger partial charge on any atom is -0.486 e. The van der Waals surface area contributed by atoms with E-state index in [1.807, 2.05) is 13.0 Å².